The van der Waals surface area contributed by atoms with Crippen LogP contribution in [0.1, 0.15) is 46.5 Å². The Morgan fingerprint density at radius 1 is 1.02 bits per heavy atom. The molecule has 0 unspecified atom stereocenters. The van der Waals surface area contributed by atoms with E-state index in [4.69, 9.17) is 24.0 Å². The minimum Gasteiger partial charge on any atom is -0.497 e. The molecule has 0 radical (unpaired) electrons. The predicted octanol–water partition coefficient (Wildman–Crippen LogP) is 6.29. The molecule has 1 fully saturated rings. The lowest BCUT2D eigenvalue weighted by Crippen LogP contribution is -2.28. The minimum atomic E-state index is -0.504. The molecule has 2 aromatic carbocycles. The van der Waals surface area contributed by atoms with Crippen LogP contribution in [0.5, 0.6) is 11.6 Å². The van der Waals surface area contributed by atoms with Crippen LogP contribution in [0.3, 0.4) is 0 Å². The first kappa shape index (κ1) is 29.2. The van der Waals surface area contributed by atoms with Crippen molar-refractivity contribution in [2.24, 2.45) is 11.8 Å². The Morgan fingerprint density at radius 3 is 2.40 bits per heavy atom. The molecule has 0 atom stereocenters. The smallest absolute Gasteiger partial charge is 0.332 e. The molecule has 0 N–H and O–H groups in total. The van der Waals surface area contributed by atoms with Gasteiger partial charge < -0.3 is 18.9 Å². The molecule has 0 amide bonds. The summed E-state index contributed by atoms with van der Waals surface area (Å²) in [6.07, 6.45) is 4.14. The molecule has 8 heteroatoms. The SMILES string of the molecule is COc1cccc(-c2c(OCC#N)nn(CC3CCC(COCC(=O)OC(C)(C)C)CC3)c2-c2ccccc2)c1. The Kier molecular flexibility index (Phi) is 9.84. The van der Waals surface area contributed by atoms with Crippen molar-refractivity contribution in [3.63, 3.8) is 0 Å². The van der Waals surface area contributed by atoms with Crippen LogP contribution < -0.4 is 9.47 Å². The number of hydrogen-bond acceptors (Lipinski definition) is 7. The first-order valence-corrected chi connectivity index (χ1v) is 13.9. The van der Waals surface area contributed by atoms with E-state index < -0.39 is 5.60 Å². The lowest BCUT2D eigenvalue weighted by atomic mass is 9.82. The van der Waals surface area contributed by atoms with Gasteiger partial charge in [-0.05, 0) is 76.0 Å². The van der Waals surface area contributed by atoms with E-state index >= 15 is 0 Å². The summed E-state index contributed by atoms with van der Waals surface area (Å²) in [6.45, 7) is 6.77. The highest BCUT2D eigenvalue weighted by atomic mass is 16.6. The molecule has 0 saturated heterocycles. The first-order chi connectivity index (χ1) is 19.3. The number of carbonyl (C=O) groups is 1. The minimum absolute atomic E-state index is 0.0105. The second kappa shape index (κ2) is 13.5. The molecule has 1 saturated carbocycles. The van der Waals surface area contributed by atoms with E-state index in [9.17, 15) is 10.1 Å². The summed E-state index contributed by atoms with van der Waals surface area (Å²) < 4.78 is 24.4. The van der Waals surface area contributed by atoms with Crippen molar-refractivity contribution in [1.29, 1.82) is 5.26 Å². The van der Waals surface area contributed by atoms with Crippen LogP contribution in [0.4, 0.5) is 0 Å². The zero-order valence-electron chi connectivity index (χ0n) is 23.9. The molecule has 40 heavy (non-hydrogen) atoms. The number of aromatic nitrogens is 2. The van der Waals surface area contributed by atoms with E-state index in [-0.39, 0.29) is 19.2 Å². The maximum absolute atomic E-state index is 11.9. The maximum Gasteiger partial charge on any atom is 0.332 e. The summed E-state index contributed by atoms with van der Waals surface area (Å²) in [4.78, 5) is 11.9. The zero-order valence-corrected chi connectivity index (χ0v) is 23.9. The first-order valence-electron chi connectivity index (χ1n) is 13.9. The fourth-order valence-electron chi connectivity index (χ4n) is 5.21. The number of benzene rings is 2. The third kappa shape index (κ3) is 7.86. The van der Waals surface area contributed by atoms with Gasteiger partial charge in [0.25, 0.3) is 0 Å². The number of methoxy groups -OCH3 is 1. The van der Waals surface area contributed by atoms with Crippen LogP contribution in [0.2, 0.25) is 0 Å². The molecule has 1 aliphatic carbocycles. The third-order valence-electron chi connectivity index (χ3n) is 6.99. The average Bonchev–Trinajstić information content (AvgIpc) is 3.30. The van der Waals surface area contributed by atoms with Gasteiger partial charge in [-0.3, -0.25) is 4.68 Å². The molecule has 3 aromatic rings. The number of rotatable bonds is 11. The Morgan fingerprint density at radius 2 is 1.73 bits per heavy atom. The number of esters is 1. The molecular weight excluding hydrogens is 506 g/mol. The predicted molar refractivity (Wildman–Crippen MR) is 153 cm³/mol. The van der Waals surface area contributed by atoms with Gasteiger partial charge in [0.15, 0.2) is 6.61 Å². The van der Waals surface area contributed by atoms with Gasteiger partial charge in [0.1, 0.15) is 24.0 Å². The van der Waals surface area contributed by atoms with Crippen molar-refractivity contribution in [3.8, 4) is 40.1 Å². The van der Waals surface area contributed by atoms with Crippen LogP contribution in [-0.4, -0.2) is 48.3 Å². The molecule has 0 bridgehead atoms. The Bertz CT molecular complexity index is 1300. The second-order valence-electron chi connectivity index (χ2n) is 11.2. The quantitative estimate of drug-likeness (QED) is 0.261. The van der Waals surface area contributed by atoms with Crippen molar-refractivity contribution < 1.29 is 23.7 Å². The van der Waals surface area contributed by atoms with Crippen molar-refractivity contribution in [1.82, 2.24) is 9.78 Å². The summed E-state index contributed by atoms with van der Waals surface area (Å²) >= 11 is 0. The largest absolute Gasteiger partial charge is 0.497 e. The summed E-state index contributed by atoms with van der Waals surface area (Å²) in [5.41, 5.74) is 3.26. The van der Waals surface area contributed by atoms with Crippen molar-refractivity contribution in [2.75, 3.05) is 26.9 Å². The van der Waals surface area contributed by atoms with Crippen molar-refractivity contribution in [2.45, 2.75) is 58.6 Å². The van der Waals surface area contributed by atoms with E-state index in [1.807, 2.05) is 67.9 Å². The van der Waals surface area contributed by atoms with Crippen LogP contribution in [-0.2, 0) is 20.8 Å². The van der Waals surface area contributed by atoms with Crippen molar-refractivity contribution >= 4 is 5.97 Å². The van der Waals surface area contributed by atoms with Gasteiger partial charge in [0.2, 0.25) is 5.88 Å². The van der Waals surface area contributed by atoms with Gasteiger partial charge in [-0.15, -0.1) is 5.10 Å². The van der Waals surface area contributed by atoms with E-state index in [0.717, 1.165) is 60.4 Å². The van der Waals surface area contributed by atoms with E-state index in [1.165, 1.54) is 0 Å². The molecular formula is C32H39N3O5. The number of nitriles is 1. The van der Waals surface area contributed by atoms with E-state index in [2.05, 4.69) is 18.2 Å². The van der Waals surface area contributed by atoms with Crippen LogP contribution in [0.15, 0.2) is 54.6 Å². The number of carbonyl (C=O) groups excluding carboxylic acids is 1. The van der Waals surface area contributed by atoms with Crippen molar-refractivity contribution in [3.05, 3.63) is 54.6 Å². The van der Waals surface area contributed by atoms with Gasteiger partial charge in [-0.1, -0.05) is 42.5 Å². The van der Waals surface area contributed by atoms with Gasteiger partial charge in [-0.2, -0.15) is 5.26 Å². The molecule has 0 aliphatic heterocycles. The third-order valence-corrected chi connectivity index (χ3v) is 6.99. The summed E-state index contributed by atoms with van der Waals surface area (Å²) in [6, 6.07) is 20.1. The van der Waals surface area contributed by atoms with Crippen LogP contribution in [0.25, 0.3) is 22.4 Å². The van der Waals surface area contributed by atoms with Crippen LogP contribution in [0, 0.1) is 23.2 Å². The second-order valence-corrected chi connectivity index (χ2v) is 11.2. The Balaban J connectivity index is 1.51. The highest BCUT2D eigenvalue weighted by Gasteiger charge is 2.27. The normalized spacial score (nSPS) is 17.2. The molecule has 8 nitrogen and oxygen atoms in total. The number of hydrogen-bond donors (Lipinski definition) is 0. The topological polar surface area (TPSA) is 95.6 Å². The molecule has 1 aliphatic rings. The summed E-state index contributed by atoms with van der Waals surface area (Å²) in [7, 11) is 1.65. The molecule has 0 spiro atoms. The zero-order chi connectivity index (χ0) is 28.5. The summed E-state index contributed by atoms with van der Waals surface area (Å²) in [5, 5.41) is 14.1. The standard InChI is InChI=1S/C32H39N3O5/c1-32(2,3)40-28(36)22-38-21-24-15-13-23(14-16-24)20-35-30(25-9-6-5-7-10-25)29(31(34-35)39-18-17-33)26-11-8-12-27(19-26)37-4/h5-12,19,23-24H,13-16,18,20-22H2,1-4H3. The fraction of sp³-hybridized carbons (Fsp3) is 0.469. The Labute approximate surface area is 236 Å². The fourth-order valence-corrected chi connectivity index (χ4v) is 5.21. The highest BCUT2D eigenvalue weighted by molar-refractivity contribution is 5.85. The number of nitrogens with zero attached hydrogens (tertiary/aromatic N) is 3. The molecule has 1 aromatic heterocycles. The monoisotopic (exact) mass is 545 g/mol. The van der Waals surface area contributed by atoms with Gasteiger partial charge >= 0.3 is 5.97 Å². The maximum atomic E-state index is 11.9. The van der Waals surface area contributed by atoms with E-state index in [0.29, 0.717) is 24.3 Å². The van der Waals surface area contributed by atoms with E-state index in [1.54, 1.807) is 7.11 Å². The van der Waals surface area contributed by atoms with Gasteiger partial charge in [0.05, 0.1) is 25.0 Å². The average molecular weight is 546 g/mol. The lowest BCUT2D eigenvalue weighted by molar-refractivity contribution is -0.160. The molecule has 1 heterocycles. The summed E-state index contributed by atoms with van der Waals surface area (Å²) in [5.74, 6) is 1.72. The lowest BCUT2D eigenvalue weighted by Gasteiger charge is -2.28. The number of ether oxygens (including phenoxy) is 4. The molecule has 212 valence electrons. The molecule has 4 rings (SSSR count). The Hall–Kier alpha value is -3.83. The van der Waals surface area contributed by atoms with Crippen LogP contribution >= 0.6 is 0 Å². The van der Waals surface area contributed by atoms with Gasteiger partial charge in [0, 0.05) is 12.1 Å². The van der Waals surface area contributed by atoms with Gasteiger partial charge in [-0.25, -0.2) is 4.79 Å². The highest BCUT2D eigenvalue weighted by Crippen LogP contribution is 2.41.